The van der Waals surface area contributed by atoms with Crippen molar-refractivity contribution in [1.82, 2.24) is 0 Å². The third-order valence-electron chi connectivity index (χ3n) is 0.994. The third-order valence-corrected chi connectivity index (χ3v) is 0.994. The van der Waals surface area contributed by atoms with E-state index in [4.69, 9.17) is 24.4 Å². The molecule has 0 unspecified atom stereocenters. The molecule has 4 N–H and O–H groups in total. The van der Waals surface area contributed by atoms with Crippen molar-refractivity contribution < 1.29 is 82.0 Å². The van der Waals surface area contributed by atoms with Gasteiger partial charge in [-0.15, -0.1) is 0 Å². The molecule has 0 atom stereocenters. The summed E-state index contributed by atoms with van der Waals surface area (Å²) < 4.78 is 8.88. The Morgan fingerprint density at radius 3 is 1.86 bits per heavy atom. The van der Waals surface area contributed by atoms with Gasteiger partial charge in [-0.3, -0.25) is 4.79 Å². The Hall–Kier alpha value is 1.22. The molecule has 0 spiro atoms. The molecule has 0 saturated heterocycles. The molecular weight excluding hydrogens is 238 g/mol. The summed E-state index contributed by atoms with van der Waals surface area (Å²) >= 11 is 0. The van der Waals surface area contributed by atoms with Crippen molar-refractivity contribution in [3.63, 3.8) is 0 Å². The molecule has 0 aliphatic heterocycles. The second kappa shape index (κ2) is 12.3. The molecule has 6 nitrogen and oxygen atoms in total. The van der Waals surface area contributed by atoms with Gasteiger partial charge in [0.15, 0.2) is 0 Å². The fraction of sp³-hybridized carbons (Fsp3) is 0.833. The van der Waals surface area contributed by atoms with Crippen LogP contribution in [0.25, 0.3) is 0 Å². The zero-order chi connectivity index (χ0) is 10.9. The van der Waals surface area contributed by atoms with Crippen LogP contribution in [0.1, 0.15) is 34.0 Å². The number of carboxylic acid groups (broad SMARTS) is 1. The maximum Gasteiger partial charge on any atom is 1.00 e. The van der Waals surface area contributed by atoms with Crippen molar-refractivity contribution in [2.45, 2.75) is 32.6 Å². The molecule has 8 heteroatoms. The molecule has 0 amide bonds. The van der Waals surface area contributed by atoms with Crippen molar-refractivity contribution in [3.8, 4) is 0 Å². The van der Waals surface area contributed by atoms with Crippen molar-refractivity contribution in [2.75, 3.05) is 0 Å². The minimum Gasteiger partial charge on any atom is -1.00 e. The van der Waals surface area contributed by atoms with Crippen molar-refractivity contribution in [3.05, 3.63) is 0 Å². The normalized spacial score (nSPS) is 9.43. The van der Waals surface area contributed by atoms with Gasteiger partial charge in [-0.25, -0.2) is 4.57 Å². The van der Waals surface area contributed by atoms with E-state index >= 15 is 0 Å². The van der Waals surface area contributed by atoms with Crippen LogP contribution in [-0.4, -0.2) is 25.8 Å². The Labute approximate surface area is 127 Å². The van der Waals surface area contributed by atoms with Gasteiger partial charge < -0.3 is 21.2 Å². The molecule has 82 valence electrons. The number of carboxylic acids is 1. The topological polar surface area (TPSA) is 115 Å². The van der Waals surface area contributed by atoms with Crippen molar-refractivity contribution >= 4 is 13.8 Å². The molecule has 0 aromatic heterocycles. The zero-order valence-electron chi connectivity index (χ0n) is 9.38. The van der Waals surface area contributed by atoms with Gasteiger partial charge in [-0.05, 0) is 6.42 Å². The fourth-order valence-electron chi connectivity index (χ4n) is 0.526. The first-order chi connectivity index (χ1) is 5.77. The Morgan fingerprint density at radius 2 is 1.64 bits per heavy atom. The van der Waals surface area contributed by atoms with Gasteiger partial charge in [0, 0.05) is 6.42 Å². The first-order valence-electron chi connectivity index (χ1n) is 3.77. The summed E-state index contributed by atoms with van der Waals surface area (Å²) in [5.41, 5.74) is 0. The summed E-state index contributed by atoms with van der Waals surface area (Å²) in [6.07, 6.45) is 3.28. The number of rotatable bonds is 4. The average Bonchev–Trinajstić information content (AvgIpc) is 1.83. The van der Waals surface area contributed by atoms with E-state index in [0.29, 0.717) is 6.42 Å². The van der Waals surface area contributed by atoms with Crippen LogP contribution in [0.3, 0.4) is 0 Å². The van der Waals surface area contributed by atoms with E-state index < -0.39 is 13.8 Å². The molecule has 0 fully saturated rings. The first-order valence-corrected chi connectivity index (χ1v) is 5.34. The van der Waals surface area contributed by atoms with E-state index in [2.05, 4.69) is 6.92 Å². The van der Waals surface area contributed by atoms with E-state index in [1.54, 1.807) is 0 Å². The molecule has 0 aliphatic rings. The van der Waals surface area contributed by atoms with Crippen LogP contribution in [0.4, 0.5) is 0 Å². The number of hydrogen-bond donors (Lipinski definition) is 4. The van der Waals surface area contributed by atoms with Gasteiger partial charge in [0.2, 0.25) is 0 Å². The summed E-state index contributed by atoms with van der Waals surface area (Å²) in [7, 11) is -4.64. The molecule has 0 saturated carbocycles. The van der Waals surface area contributed by atoms with Gasteiger partial charge in [0.05, 0.1) is 0 Å². The summed E-state index contributed by atoms with van der Waals surface area (Å²) in [5, 5.41) is 8.14. The molecule has 0 aliphatic carbocycles. The molecule has 0 aromatic carbocycles. The molecule has 0 aromatic rings. The predicted molar refractivity (Wildman–Crippen MR) is 47.2 cm³/mol. The van der Waals surface area contributed by atoms with Crippen molar-refractivity contribution in [1.29, 1.82) is 0 Å². The number of phosphoric acid groups is 1. The van der Waals surface area contributed by atoms with Crippen LogP contribution < -0.4 is 51.4 Å². The van der Waals surface area contributed by atoms with E-state index in [9.17, 15) is 4.79 Å². The maximum atomic E-state index is 9.87. The van der Waals surface area contributed by atoms with Crippen LogP contribution in [0.2, 0.25) is 0 Å². The number of hydrogen-bond acceptors (Lipinski definition) is 2. The smallest absolute Gasteiger partial charge is 1.00 e. The van der Waals surface area contributed by atoms with E-state index in [-0.39, 0.29) is 52.8 Å². The average molecular weight is 254 g/mol. The molecule has 0 bridgehead atoms. The Kier molecular flexibility index (Phi) is 18.1. The largest absolute Gasteiger partial charge is 1.00 e. The third kappa shape index (κ3) is 51.0. The van der Waals surface area contributed by atoms with Crippen LogP contribution in [0.15, 0.2) is 0 Å². The van der Waals surface area contributed by atoms with Gasteiger partial charge in [0.25, 0.3) is 0 Å². The molecule has 0 rings (SSSR count). The number of carbonyl (C=O) groups is 1. The Morgan fingerprint density at radius 1 is 1.29 bits per heavy atom. The number of aliphatic carboxylic acids is 1. The minimum absolute atomic E-state index is 0. The minimum atomic E-state index is -4.64. The molecule has 0 heterocycles. The summed E-state index contributed by atoms with van der Waals surface area (Å²) in [6, 6.07) is 0. The van der Waals surface area contributed by atoms with Gasteiger partial charge in [-0.1, -0.05) is 19.8 Å². The quantitative estimate of drug-likeness (QED) is 0.258. The monoisotopic (exact) mass is 254 g/mol. The van der Waals surface area contributed by atoms with Crippen LogP contribution in [0, 0.1) is 0 Å². The summed E-state index contributed by atoms with van der Waals surface area (Å²) in [4.78, 5) is 31.4. The summed E-state index contributed by atoms with van der Waals surface area (Å²) in [6.45, 7) is 2.06. The molecular formula is C6H16KO6P. The Bertz CT molecular complexity index is 176. The van der Waals surface area contributed by atoms with E-state index in [1.165, 1.54) is 0 Å². The maximum absolute atomic E-state index is 9.87. The van der Waals surface area contributed by atoms with Crippen LogP contribution >= 0.6 is 7.82 Å². The van der Waals surface area contributed by atoms with Crippen LogP contribution in [-0.2, 0) is 9.36 Å². The second-order valence-electron chi connectivity index (χ2n) is 2.36. The van der Waals surface area contributed by atoms with E-state index in [1.807, 2.05) is 0 Å². The second-order valence-corrected chi connectivity index (χ2v) is 3.39. The Balaban J connectivity index is -0.0000000770. The van der Waals surface area contributed by atoms with Gasteiger partial charge in [-0.2, -0.15) is 0 Å². The molecule has 14 heavy (non-hydrogen) atoms. The van der Waals surface area contributed by atoms with Crippen LogP contribution in [0.5, 0.6) is 0 Å². The van der Waals surface area contributed by atoms with Gasteiger partial charge in [0.1, 0.15) is 0 Å². The predicted octanol–water partition coefficient (Wildman–Crippen LogP) is -2.16. The first kappa shape index (κ1) is 20.6. The molecule has 0 radical (unpaired) electrons. The number of unbranched alkanes of at least 4 members (excludes halogenated alkanes) is 2. The summed E-state index contributed by atoms with van der Waals surface area (Å²) in [5.74, 6) is -0.682. The van der Waals surface area contributed by atoms with E-state index in [0.717, 1.165) is 19.3 Å². The zero-order valence-corrected chi connectivity index (χ0v) is 12.4. The standard InChI is InChI=1S/C6H12O2.K.H3O4P.H/c1-2-3-4-5-6(7)8;;1-5(2,3)4;/h2-5H2,1H3,(H,7,8);;(H3,1,2,3,4);/q;+1;;-1. The SMILES string of the molecule is CCCCCC(=O)O.O=P(O)(O)O.[H-].[K+]. The fourth-order valence-corrected chi connectivity index (χ4v) is 0.526. The van der Waals surface area contributed by atoms with Crippen molar-refractivity contribution in [2.24, 2.45) is 0 Å². The van der Waals surface area contributed by atoms with Gasteiger partial charge >= 0.3 is 65.2 Å².